The van der Waals surface area contributed by atoms with Crippen LogP contribution in [0, 0.1) is 11.3 Å². The molecule has 0 heterocycles. The average molecular weight is 252 g/mol. The van der Waals surface area contributed by atoms with Gasteiger partial charge in [0.15, 0.2) is 0 Å². The Balaban J connectivity index is 1.83. The van der Waals surface area contributed by atoms with E-state index < -0.39 is 0 Å². The van der Waals surface area contributed by atoms with Gasteiger partial charge in [-0.05, 0) is 29.8 Å². The number of hydrogen-bond acceptors (Lipinski definition) is 3. The van der Waals surface area contributed by atoms with E-state index in [0.29, 0.717) is 11.1 Å². The summed E-state index contributed by atoms with van der Waals surface area (Å²) in [4.78, 5) is 16.8. The van der Waals surface area contributed by atoms with E-state index in [1.54, 1.807) is 48.5 Å². The Bertz CT molecular complexity index is 586. The lowest BCUT2D eigenvalue weighted by atomic mass is 10.2. The van der Waals surface area contributed by atoms with Crippen LogP contribution in [0.4, 0.5) is 0 Å². The zero-order valence-corrected chi connectivity index (χ0v) is 10.2. The van der Waals surface area contributed by atoms with E-state index in [4.69, 9.17) is 10.1 Å². The maximum atomic E-state index is 11.7. The molecule has 0 radical (unpaired) electrons. The molecule has 0 aromatic heterocycles. The number of amides is 1. The van der Waals surface area contributed by atoms with Gasteiger partial charge in [0.05, 0.1) is 18.2 Å². The molecule has 2 aromatic carbocycles. The van der Waals surface area contributed by atoms with Gasteiger partial charge in [0.2, 0.25) is 0 Å². The third-order valence-electron chi connectivity index (χ3n) is 2.52. The maximum Gasteiger partial charge on any atom is 0.274 e. The molecule has 4 heteroatoms. The van der Waals surface area contributed by atoms with Crippen molar-refractivity contribution in [3.05, 3.63) is 71.3 Å². The second-order valence-electron chi connectivity index (χ2n) is 3.89. The molecule has 2 aromatic rings. The van der Waals surface area contributed by atoms with Crippen molar-refractivity contribution in [3.8, 4) is 6.07 Å². The number of benzene rings is 2. The van der Waals surface area contributed by atoms with Crippen molar-refractivity contribution >= 4 is 5.91 Å². The molecule has 19 heavy (non-hydrogen) atoms. The monoisotopic (exact) mass is 252 g/mol. The molecule has 0 unspecified atom stereocenters. The molecule has 2 rings (SSSR count). The van der Waals surface area contributed by atoms with Crippen LogP contribution in [-0.4, -0.2) is 5.91 Å². The molecule has 0 spiro atoms. The van der Waals surface area contributed by atoms with Gasteiger partial charge < -0.3 is 0 Å². The highest BCUT2D eigenvalue weighted by Crippen LogP contribution is 2.04. The predicted octanol–water partition coefficient (Wildman–Crippen LogP) is 2.42. The summed E-state index contributed by atoms with van der Waals surface area (Å²) in [6.07, 6.45) is 0. The van der Waals surface area contributed by atoms with Crippen molar-refractivity contribution in [2.75, 3.05) is 0 Å². The fraction of sp³-hybridized carbons (Fsp3) is 0.0667. The van der Waals surface area contributed by atoms with Crippen LogP contribution in [0.15, 0.2) is 54.6 Å². The number of carbonyl (C=O) groups excluding carboxylic acids is 1. The first kappa shape index (κ1) is 12.8. The van der Waals surface area contributed by atoms with Crippen LogP contribution in [0.2, 0.25) is 0 Å². The molecule has 0 saturated carbocycles. The van der Waals surface area contributed by atoms with Crippen LogP contribution < -0.4 is 5.48 Å². The second-order valence-corrected chi connectivity index (χ2v) is 3.89. The molecule has 0 fully saturated rings. The Morgan fingerprint density at radius 2 is 1.79 bits per heavy atom. The van der Waals surface area contributed by atoms with Crippen LogP contribution in [0.25, 0.3) is 0 Å². The number of nitrogens with zero attached hydrogens (tertiary/aromatic N) is 1. The van der Waals surface area contributed by atoms with Crippen LogP contribution in [0.1, 0.15) is 21.5 Å². The topological polar surface area (TPSA) is 62.1 Å². The highest BCUT2D eigenvalue weighted by atomic mass is 16.6. The number of nitriles is 1. The first-order valence-corrected chi connectivity index (χ1v) is 5.76. The van der Waals surface area contributed by atoms with E-state index in [-0.39, 0.29) is 12.5 Å². The van der Waals surface area contributed by atoms with Crippen molar-refractivity contribution in [1.29, 1.82) is 5.26 Å². The van der Waals surface area contributed by atoms with E-state index in [0.717, 1.165) is 5.56 Å². The van der Waals surface area contributed by atoms with Crippen molar-refractivity contribution in [3.63, 3.8) is 0 Å². The predicted molar refractivity (Wildman–Crippen MR) is 69.9 cm³/mol. The maximum absolute atomic E-state index is 11.7. The number of hydrogen-bond donors (Lipinski definition) is 1. The summed E-state index contributed by atoms with van der Waals surface area (Å²) in [6, 6.07) is 17.9. The van der Waals surface area contributed by atoms with Crippen molar-refractivity contribution in [2.45, 2.75) is 6.61 Å². The summed E-state index contributed by atoms with van der Waals surface area (Å²) in [7, 11) is 0. The largest absolute Gasteiger partial charge is 0.274 e. The van der Waals surface area contributed by atoms with E-state index >= 15 is 0 Å². The molecule has 1 N–H and O–H groups in total. The summed E-state index contributed by atoms with van der Waals surface area (Å²) in [6.45, 7) is 0.254. The van der Waals surface area contributed by atoms with E-state index in [2.05, 4.69) is 5.48 Å². The summed E-state index contributed by atoms with van der Waals surface area (Å²) in [5.74, 6) is -0.283. The zero-order chi connectivity index (χ0) is 13.5. The molecule has 0 saturated heterocycles. The Labute approximate surface area is 111 Å². The fourth-order valence-electron chi connectivity index (χ4n) is 1.51. The second kappa shape index (κ2) is 6.34. The fourth-order valence-corrected chi connectivity index (χ4v) is 1.51. The number of rotatable bonds is 4. The number of nitrogens with one attached hydrogen (secondary N) is 1. The van der Waals surface area contributed by atoms with Gasteiger partial charge in [-0.2, -0.15) is 5.26 Å². The van der Waals surface area contributed by atoms with Crippen molar-refractivity contribution in [2.24, 2.45) is 0 Å². The lowest BCUT2D eigenvalue weighted by molar-refractivity contribution is 0.0233. The Morgan fingerprint density at radius 3 is 2.42 bits per heavy atom. The van der Waals surface area contributed by atoms with Gasteiger partial charge in [0.1, 0.15) is 0 Å². The summed E-state index contributed by atoms with van der Waals surface area (Å²) >= 11 is 0. The molecular formula is C15H12N2O2. The third-order valence-corrected chi connectivity index (χ3v) is 2.52. The van der Waals surface area contributed by atoms with E-state index in [1.807, 2.05) is 12.1 Å². The molecule has 0 bridgehead atoms. The number of hydroxylamine groups is 1. The van der Waals surface area contributed by atoms with Gasteiger partial charge in [-0.25, -0.2) is 5.48 Å². The smallest absolute Gasteiger partial charge is 0.269 e. The van der Waals surface area contributed by atoms with Crippen molar-refractivity contribution in [1.82, 2.24) is 5.48 Å². The number of carbonyl (C=O) groups is 1. The average Bonchev–Trinajstić information content (AvgIpc) is 2.49. The minimum atomic E-state index is -0.283. The SMILES string of the molecule is N#Cc1ccc(CONC(=O)c2ccccc2)cc1. The molecule has 0 aliphatic rings. The van der Waals surface area contributed by atoms with Crippen LogP contribution in [0.3, 0.4) is 0 Å². The molecule has 94 valence electrons. The molecule has 4 nitrogen and oxygen atoms in total. The molecule has 0 atom stereocenters. The molecular weight excluding hydrogens is 240 g/mol. The Kier molecular flexibility index (Phi) is 4.27. The minimum absolute atomic E-state index is 0.254. The normalized spacial score (nSPS) is 9.63. The first-order valence-electron chi connectivity index (χ1n) is 5.76. The van der Waals surface area contributed by atoms with Gasteiger partial charge in [0, 0.05) is 5.56 Å². The lowest BCUT2D eigenvalue weighted by Gasteiger charge is -2.06. The van der Waals surface area contributed by atoms with E-state index in [1.165, 1.54) is 0 Å². The van der Waals surface area contributed by atoms with E-state index in [9.17, 15) is 4.79 Å². The van der Waals surface area contributed by atoms with Crippen LogP contribution in [-0.2, 0) is 11.4 Å². The van der Waals surface area contributed by atoms with Gasteiger partial charge in [-0.3, -0.25) is 9.63 Å². The standard InChI is InChI=1S/C15H12N2O2/c16-10-12-6-8-13(9-7-12)11-19-17-15(18)14-4-2-1-3-5-14/h1-9H,11H2,(H,17,18). The van der Waals surface area contributed by atoms with Gasteiger partial charge in [-0.1, -0.05) is 30.3 Å². The van der Waals surface area contributed by atoms with Gasteiger partial charge >= 0.3 is 0 Å². The summed E-state index contributed by atoms with van der Waals surface area (Å²) in [5, 5.41) is 8.67. The Hall–Kier alpha value is -2.64. The van der Waals surface area contributed by atoms with Crippen LogP contribution in [0.5, 0.6) is 0 Å². The van der Waals surface area contributed by atoms with Gasteiger partial charge in [0.25, 0.3) is 5.91 Å². The first-order chi connectivity index (χ1) is 9.29. The van der Waals surface area contributed by atoms with Crippen molar-refractivity contribution < 1.29 is 9.63 Å². The quantitative estimate of drug-likeness (QED) is 0.850. The molecule has 0 aliphatic carbocycles. The summed E-state index contributed by atoms with van der Waals surface area (Å²) < 4.78 is 0. The lowest BCUT2D eigenvalue weighted by Crippen LogP contribution is -2.23. The Morgan fingerprint density at radius 1 is 1.11 bits per heavy atom. The third kappa shape index (κ3) is 3.66. The summed E-state index contributed by atoms with van der Waals surface area (Å²) in [5.41, 5.74) is 4.39. The highest BCUT2D eigenvalue weighted by Gasteiger charge is 2.03. The minimum Gasteiger partial charge on any atom is -0.269 e. The zero-order valence-electron chi connectivity index (χ0n) is 10.2. The molecule has 0 aliphatic heterocycles. The van der Waals surface area contributed by atoms with Gasteiger partial charge in [-0.15, -0.1) is 0 Å². The molecule has 1 amide bonds. The highest BCUT2D eigenvalue weighted by molar-refractivity contribution is 5.93. The van der Waals surface area contributed by atoms with Crippen LogP contribution >= 0.6 is 0 Å².